The van der Waals surface area contributed by atoms with Crippen molar-refractivity contribution in [3.05, 3.63) is 24.3 Å². The summed E-state index contributed by atoms with van der Waals surface area (Å²) in [5, 5.41) is 13.7. The van der Waals surface area contributed by atoms with Gasteiger partial charge in [0.05, 0.1) is 24.1 Å². The van der Waals surface area contributed by atoms with E-state index in [2.05, 4.69) is 10.6 Å². The molecule has 0 radical (unpaired) electrons. The van der Waals surface area contributed by atoms with Crippen LogP contribution in [0.5, 0.6) is 0 Å². The van der Waals surface area contributed by atoms with Gasteiger partial charge in [-0.05, 0) is 19.1 Å². The Hall–Kier alpha value is -1.41. The molecule has 4 nitrogen and oxygen atoms in total. The molecule has 112 valence electrons. The van der Waals surface area contributed by atoms with Gasteiger partial charge >= 0.3 is 12.2 Å². The van der Waals surface area contributed by atoms with Crippen LogP contribution in [0.3, 0.4) is 0 Å². The molecule has 1 aromatic rings. The monoisotopic (exact) mass is 308 g/mol. The van der Waals surface area contributed by atoms with E-state index in [9.17, 15) is 18.0 Å². The maximum Gasteiger partial charge on any atom is 0.398 e. The Morgan fingerprint density at radius 1 is 1.40 bits per heavy atom. The molecule has 1 rings (SSSR count). The van der Waals surface area contributed by atoms with Crippen LogP contribution in [0.25, 0.3) is 0 Å². The second kappa shape index (κ2) is 7.39. The molecular weight excluding hydrogens is 293 g/mol. The van der Waals surface area contributed by atoms with E-state index >= 15 is 0 Å². The molecule has 20 heavy (non-hydrogen) atoms. The SMILES string of the molecule is CC(CO)NC(=O)Nc1ccccc1SCC(F)(F)F. The van der Waals surface area contributed by atoms with Crippen molar-refractivity contribution < 1.29 is 23.1 Å². The van der Waals surface area contributed by atoms with Crippen molar-refractivity contribution in [2.24, 2.45) is 0 Å². The van der Waals surface area contributed by atoms with Gasteiger partial charge in [0.25, 0.3) is 0 Å². The van der Waals surface area contributed by atoms with Gasteiger partial charge in [0.15, 0.2) is 0 Å². The Morgan fingerprint density at radius 3 is 2.65 bits per heavy atom. The summed E-state index contributed by atoms with van der Waals surface area (Å²) < 4.78 is 36.6. The highest BCUT2D eigenvalue weighted by molar-refractivity contribution is 7.99. The number of aliphatic hydroxyl groups is 1. The average Bonchev–Trinajstić information content (AvgIpc) is 2.36. The topological polar surface area (TPSA) is 61.4 Å². The van der Waals surface area contributed by atoms with Crippen molar-refractivity contribution in [1.82, 2.24) is 5.32 Å². The summed E-state index contributed by atoms with van der Waals surface area (Å²) in [7, 11) is 0. The van der Waals surface area contributed by atoms with Crippen LogP contribution in [0.4, 0.5) is 23.7 Å². The van der Waals surface area contributed by atoms with Gasteiger partial charge in [-0.25, -0.2) is 4.79 Å². The highest BCUT2D eigenvalue weighted by atomic mass is 32.2. The fourth-order valence-corrected chi connectivity index (χ4v) is 2.05. The van der Waals surface area contributed by atoms with Crippen molar-refractivity contribution in [2.75, 3.05) is 17.7 Å². The summed E-state index contributed by atoms with van der Waals surface area (Å²) >= 11 is 0.604. The van der Waals surface area contributed by atoms with Gasteiger partial charge in [-0.3, -0.25) is 0 Å². The first-order valence-corrected chi connectivity index (χ1v) is 6.77. The third kappa shape index (κ3) is 6.16. The number of thioether (sulfide) groups is 1. The third-order valence-corrected chi connectivity index (χ3v) is 3.32. The zero-order valence-corrected chi connectivity index (χ0v) is 11.5. The molecule has 0 aliphatic heterocycles. The number of anilines is 1. The van der Waals surface area contributed by atoms with Gasteiger partial charge < -0.3 is 15.7 Å². The Labute approximate surface area is 118 Å². The molecule has 2 amide bonds. The normalized spacial score (nSPS) is 12.8. The number of aliphatic hydroxyl groups excluding tert-OH is 1. The van der Waals surface area contributed by atoms with Crippen molar-refractivity contribution in [3.63, 3.8) is 0 Å². The van der Waals surface area contributed by atoms with Gasteiger partial charge in [-0.2, -0.15) is 13.2 Å². The molecule has 0 aliphatic carbocycles. The van der Waals surface area contributed by atoms with Crippen LogP contribution in [-0.4, -0.2) is 35.7 Å². The molecule has 0 aliphatic rings. The van der Waals surface area contributed by atoms with Crippen molar-refractivity contribution in [2.45, 2.75) is 24.0 Å². The van der Waals surface area contributed by atoms with Crippen LogP contribution in [0.2, 0.25) is 0 Å². The Balaban J connectivity index is 2.68. The van der Waals surface area contributed by atoms with E-state index in [0.717, 1.165) is 0 Å². The summed E-state index contributed by atoms with van der Waals surface area (Å²) in [4.78, 5) is 11.9. The van der Waals surface area contributed by atoms with Crippen molar-refractivity contribution >= 4 is 23.5 Å². The maximum atomic E-state index is 12.2. The molecular formula is C12H15F3N2O2S. The zero-order valence-electron chi connectivity index (χ0n) is 10.7. The second-order valence-electron chi connectivity index (χ2n) is 4.08. The highest BCUT2D eigenvalue weighted by Gasteiger charge is 2.27. The number of alkyl halides is 3. The standard InChI is InChI=1S/C12H15F3N2O2S/c1-8(6-18)16-11(19)17-9-4-2-3-5-10(9)20-7-12(13,14)15/h2-5,8,18H,6-7H2,1H3,(H2,16,17,19). The lowest BCUT2D eigenvalue weighted by Gasteiger charge is -2.14. The maximum absolute atomic E-state index is 12.2. The summed E-state index contributed by atoms with van der Waals surface area (Å²) in [5.41, 5.74) is 0.296. The molecule has 1 atom stereocenters. The molecule has 0 saturated heterocycles. The number of urea groups is 1. The molecule has 1 unspecified atom stereocenters. The lowest BCUT2D eigenvalue weighted by Crippen LogP contribution is -2.38. The predicted molar refractivity (Wildman–Crippen MR) is 71.9 cm³/mol. The molecule has 3 N–H and O–H groups in total. The lowest BCUT2D eigenvalue weighted by atomic mass is 10.3. The zero-order chi connectivity index (χ0) is 15.2. The number of nitrogens with one attached hydrogen (secondary N) is 2. The first-order chi connectivity index (χ1) is 9.31. The number of benzene rings is 1. The van der Waals surface area contributed by atoms with Crippen LogP contribution in [-0.2, 0) is 0 Å². The minimum Gasteiger partial charge on any atom is -0.394 e. The molecule has 0 bridgehead atoms. The van der Waals surface area contributed by atoms with E-state index in [1.165, 1.54) is 12.1 Å². The molecule has 0 fully saturated rings. The van der Waals surface area contributed by atoms with Gasteiger partial charge in [-0.15, -0.1) is 11.8 Å². The number of para-hydroxylation sites is 1. The van der Waals surface area contributed by atoms with E-state index in [-0.39, 0.29) is 6.61 Å². The quantitative estimate of drug-likeness (QED) is 0.733. The molecule has 0 saturated carbocycles. The first-order valence-electron chi connectivity index (χ1n) is 5.79. The van der Waals surface area contributed by atoms with E-state index in [0.29, 0.717) is 22.3 Å². The summed E-state index contributed by atoms with van der Waals surface area (Å²) in [6, 6.07) is 5.21. The van der Waals surface area contributed by atoms with E-state index in [1.807, 2.05) is 0 Å². The van der Waals surface area contributed by atoms with E-state index < -0.39 is 24.0 Å². The number of carbonyl (C=O) groups is 1. The smallest absolute Gasteiger partial charge is 0.394 e. The number of hydrogen-bond donors (Lipinski definition) is 3. The van der Waals surface area contributed by atoms with Crippen molar-refractivity contribution in [3.8, 4) is 0 Å². The third-order valence-electron chi connectivity index (χ3n) is 2.18. The average molecular weight is 308 g/mol. The van der Waals surface area contributed by atoms with Crippen molar-refractivity contribution in [1.29, 1.82) is 0 Å². The van der Waals surface area contributed by atoms with Crippen LogP contribution in [0.15, 0.2) is 29.2 Å². The Morgan fingerprint density at radius 2 is 2.05 bits per heavy atom. The number of carbonyl (C=O) groups excluding carboxylic acids is 1. The first kappa shape index (κ1) is 16.6. The molecule has 0 aromatic heterocycles. The van der Waals surface area contributed by atoms with Crippen LogP contribution in [0.1, 0.15) is 6.92 Å². The summed E-state index contributed by atoms with van der Waals surface area (Å²) in [6.07, 6.45) is -4.27. The van der Waals surface area contributed by atoms with E-state index in [4.69, 9.17) is 5.11 Å². The van der Waals surface area contributed by atoms with Crippen LogP contribution in [0, 0.1) is 0 Å². The molecule has 8 heteroatoms. The summed E-state index contributed by atoms with van der Waals surface area (Å²) in [5.74, 6) is -1.03. The van der Waals surface area contributed by atoms with Gasteiger partial charge in [0, 0.05) is 4.90 Å². The lowest BCUT2D eigenvalue weighted by molar-refractivity contribution is -0.105. The number of halogens is 3. The minimum atomic E-state index is -4.27. The highest BCUT2D eigenvalue weighted by Crippen LogP contribution is 2.31. The second-order valence-corrected chi connectivity index (χ2v) is 5.10. The fraction of sp³-hybridized carbons (Fsp3) is 0.417. The number of rotatable bonds is 5. The Kier molecular flexibility index (Phi) is 6.15. The molecule has 0 spiro atoms. The van der Waals surface area contributed by atoms with Gasteiger partial charge in [-0.1, -0.05) is 12.1 Å². The minimum absolute atomic E-state index is 0.224. The van der Waals surface area contributed by atoms with Crippen LogP contribution >= 0.6 is 11.8 Å². The molecule has 1 aromatic carbocycles. The van der Waals surface area contributed by atoms with Crippen LogP contribution < -0.4 is 10.6 Å². The Bertz CT molecular complexity index is 455. The largest absolute Gasteiger partial charge is 0.398 e. The summed E-state index contributed by atoms with van der Waals surface area (Å²) in [6.45, 7) is 1.38. The molecule has 0 heterocycles. The fourth-order valence-electron chi connectivity index (χ4n) is 1.28. The van der Waals surface area contributed by atoms with Gasteiger partial charge in [0.1, 0.15) is 0 Å². The van der Waals surface area contributed by atoms with Gasteiger partial charge in [0.2, 0.25) is 0 Å². The predicted octanol–water partition coefficient (Wildman–Crippen LogP) is 2.84. The van der Waals surface area contributed by atoms with E-state index in [1.54, 1.807) is 19.1 Å². The number of hydrogen-bond acceptors (Lipinski definition) is 3. The number of amides is 2.